The molecule has 0 aromatic carbocycles. The van der Waals surface area contributed by atoms with Gasteiger partial charge < -0.3 is 21.1 Å². The second kappa shape index (κ2) is 43.3. The molecule has 0 fully saturated rings. The van der Waals surface area contributed by atoms with Gasteiger partial charge in [0.15, 0.2) is 0 Å². The van der Waals surface area contributed by atoms with Crippen LogP contribution in [-0.2, 0) is 18.4 Å². The summed E-state index contributed by atoms with van der Waals surface area (Å²) in [6.07, 6.45) is 57.8. The van der Waals surface area contributed by atoms with E-state index in [2.05, 4.69) is 92.1 Å². The van der Waals surface area contributed by atoms with Crippen LogP contribution in [-0.4, -0.2) is 47.8 Å². The van der Waals surface area contributed by atoms with Crippen LogP contribution in [0.3, 0.4) is 0 Å². The van der Waals surface area contributed by atoms with Crippen molar-refractivity contribution in [1.82, 2.24) is 5.32 Å². The van der Waals surface area contributed by atoms with E-state index in [0.717, 1.165) is 83.5 Å². The summed E-state index contributed by atoms with van der Waals surface area (Å²) in [6.45, 7) is 3.96. The van der Waals surface area contributed by atoms with Gasteiger partial charge in [-0.25, -0.2) is 4.57 Å². The Morgan fingerprint density at radius 2 is 1.04 bits per heavy atom. The molecular formula is C48H85N2O6P. The molecule has 5 N–H and O–H groups in total. The van der Waals surface area contributed by atoms with E-state index in [1.54, 1.807) is 6.08 Å². The molecule has 57 heavy (non-hydrogen) atoms. The lowest BCUT2D eigenvalue weighted by molar-refractivity contribution is -0.123. The summed E-state index contributed by atoms with van der Waals surface area (Å²) in [6, 6.07) is -0.902. The number of carbonyl (C=O) groups is 1. The number of phosphoric ester groups is 1. The number of hydrogen-bond acceptors (Lipinski definition) is 6. The molecule has 0 rings (SSSR count). The fourth-order valence-electron chi connectivity index (χ4n) is 6.04. The highest BCUT2D eigenvalue weighted by Gasteiger charge is 2.26. The number of aliphatic hydroxyl groups is 1. The van der Waals surface area contributed by atoms with E-state index in [0.29, 0.717) is 6.42 Å². The molecule has 0 spiro atoms. The van der Waals surface area contributed by atoms with E-state index >= 15 is 0 Å². The van der Waals surface area contributed by atoms with Gasteiger partial charge in [-0.3, -0.25) is 13.8 Å². The fourth-order valence-corrected chi connectivity index (χ4v) is 6.80. The van der Waals surface area contributed by atoms with Gasteiger partial charge in [0, 0.05) is 13.0 Å². The molecule has 0 saturated carbocycles. The van der Waals surface area contributed by atoms with Crippen molar-refractivity contribution < 1.29 is 28.4 Å². The number of allylic oxidation sites excluding steroid dienone is 13. The Bertz CT molecular complexity index is 1160. The van der Waals surface area contributed by atoms with E-state index in [1.807, 2.05) is 6.08 Å². The number of amides is 1. The van der Waals surface area contributed by atoms with Gasteiger partial charge in [-0.05, 0) is 83.5 Å². The summed E-state index contributed by atoms with van der Waals surface area (Å²) in [4.78, 5) is 22.7. The summed E-state index contributed by atoms with van der Waals surface area (Å²) in [5, 5.41) is 13.6. The zero-order valence-electron chi connectivity index (χ0n) is 36.3. The molecule has 9 heteroatoms. The minimum atomic E-state index is -4.37. The van der Waals surface area contributed by atoms with Crippen molar-refractivity contribution in [3.05, 3.63) is 85.1 Å². The number of hydrogen-bond donors (Lipinski definition) is 4. The Kier molecular flexibility index (Phi) is 41.5. The van der Waals surface area contributed by atoms with Crippen LogP contribution >= 0.6 is 7.82 Å². The fraction of sp³-hybridized carbons (Fsp3) is 0.688. The van der Waals surface area contributed by atoms with Crippen LogP contribution in [0.1, 0.15) is 181 Å². The van der Waals surface area contributed by atoms with Crippen molar-refractivity contribution in [2.45, 2.75) is 193 Å². The zero-order valence-corrected chi connectivity index (χ0v) is 37.2. The first-order valence-corrected chi connectivity index (χ1v) is 24.2. The average molecular weight is 817 g/mol. The summed E-state index contributed by atoms with van der Waals surface area (Å²) in [5.41, 5.74) is 5.37. The first kappa shape index (κ1) is 54.7. The SMILES string of the molecule is CC/C=C\C/C=C\C/C=C\C/C=C\CCCCCCC(=O)NC(COP(=O)(O)OCCN)C(O)/C=C/CC/C=C/CC/C=C/CCCCCCCCCCCCC. The van der Waals surface area contributed by atoms with Gasteiger partial charge in [0.1, 0.15) is 0 Å². The maximum Gasteiger partial charge on any atom is 0.472 e. The van der Waals surface area contributed by atoms with Gasteiger partial charge in [-0.1, -0.05) is 176 Å². The highest BCUT2D eigenvalue weighted by molar-refractivity contribution is 7.47. The number of nitrogens with two attached hydrogens (primary N) is 1. The Morgan fingerprint density at radius 1 is 0.596 bits per heavy atom. The van der Waals surface area contributed by atoms with Gasteiger partial charge in [0.05, 0.1) is 25.4 Å². The van der Waals surface area contributed by atoms with Crippen LogP contribution < -0.4 is 11.1 Å². The lowest BCUT2D eigenvalue weighted by Crippen LogP contribution is -2.45. The molecule has 3 unspecified atom stereocenters. The highest BCUT2D eigenvalue weighted by atomic mass is 31.2. The number of unbranched alkanes of at least 4 members (excludes halogenated alkanes) is 17. The van der Waals surface area contributed by atoms with Crippen LogP contribution in [0.5, 0.6) is 0 Å². The maximum atomic E-state index is 12.8. The number of aliphatic hydroxyl groups excluding tert-OH is 1. The molecule has 0 aliphatic heterocycles. The van der Waals surface area contributed by atoms with Crippen LogP contribution in [0.2, 0.25) is 0 Å². The molecule has 328 valence electrons. The molecule has 1 amide bonds. The number of nitrogens with one attached hydrogen (secondary N) is 1. The third-order valence-electron chi connectivity index (χ3n) is 9.43. The first-order chi connectivity index (χ1) is 27.9. The predicted molar refractivity (Wildman–Crippen MR) is 244 cm³/mol. The van der Waals surface area contributed by atoms with Crippen molar-refractivity contribution in [3.8, 4) is 0 Å². The van der Waals surface area contributed by atoms with Crippen molar-refractivity contribution in [3.63, 3.8) is 0 Å². The second-order valence-corrected chi connectivity index (χ2v) is 16.3. The summed E-state index contributed by atoms with van der Waals surface area (Å²) in [5.74, 6) is -0.235. The Labute approximate surface area is 349 Å². The predicted octanol–water partition coefficient (Wildman–Crippen LogP) is 13.0. The third kappa shape index (κ3) is 41.6. The molecule has 8 nitrogen and oxygen atoms in total. The molecule has 0 aliphatic carbocycles. The molecular weight excluding hydrogens is 732 g/mol. The first-order valence-electron chi connectivity index (χ1n) is 22.7. The zero-order chi connectivity index (χ0) is 41.8. The number of phosphoric acid groups is 1. The number of rotatable bonds is 41. The van der Waals surface area contributed by atoms with Crippen LogP contribution in [0.4, 0.5) is 0 Å². The summed E-state index contributed by atoms with van der Waals surface area (Å²) >= 11 is 0. The summed E-state index contributed by atoms with van der Waals surface area (Å²) < 4.78 is 22.1. The largest absolute Gasteiger partial charge is 0.472 e. The molecule has 0 aromatic heterocycles. The minimum Gasteiger partial charge on any atom is -0.387 e. The lowest BCUT2D eigenvalue weighted by atomic mass is 10.1. The van der Waals surface area contributed by atoms with E-state index in [9.17, 15) is 19.4 Å². The Hall–Kier alpha value is -2.32. The summed E-state index contributed by atoms with van der Waals surface area (Å²) in [7, 11) is -4.37. The topological polar surface area (TPSA) is 131 Å². The van der Waals surface area contributed by atoms with Gasteiger partial charge in [0.25, 0.3) is 0 Å². The lowest BCUT2D eigenvalue weighted by Gasteiger charge is -2.23. The Balaban J connectivity index is 4.33. The molecule has 0 aromatic rings. The third-order valence-corrected chi connectivity index (χ3v) is 10.4. The minimum absolute atomic E-state index is 0.0630. The molecule has 0 aliphatic rings. The Morgan fingerprint density at radius 3 is 1.56 bits per heavy atom. The highest BCUT2D eigenvalue weighted by Crippen LogP contribution is 2.43. The molecule has 0 heterocycles. The van der Waals surface area contributed by atoms with Gasteiger partial charge in [-0.15, -0.1) is 0 Å². The quantitative estimate of drug-likeness (QED) is 0.0274. The van der Waals surface area contributed by atoms with E-state index in [1.165, 1.54) is 77.0 Å². The van der Waals surface area contributed by atoms with E-state index in [-0.39, 0.29) is 25.7 Å². The number of carbonyl (C=O) groups excluding carboxylic acids is 1. The van der Waals surface area contributed by atoms with Crippen molar-refractivity contribution in [2.24, 2.45) is 5.73 Å². The van der Waals surface area contributed by atoms with Crippen molar-refractivity contribution in [2.75, 3.05) is 19.8 Å². The van der Waals surface area contributed by atoms with E-state index < -0.39 is 20.0 Å². The second-order valence-electron chi connectivity index (χ2n) is 14.9. The van der Waals surface area contributed by atoms with Crippen LogP contribution in [0.25, 0.3) is 0 Å². The average Bonchev–Trinajstić information content (AvgIpc) is 3.20. The van der Waals surface area contributed by atoms with E-state index in [4.69, 9.17) is 14.8 Å². The monoisotopic (exact) mass is 817 g/mol. The van der Waals surface area contributed by atoms with Crippen LogP contribution in [0.15, 0.2) is 85.1 Å². The van der Waals surface area contributed by atoms with Crippen LogP contribution in [0, 0.1) is 0 Å². The van der Waals surface area contributed by atoms with Gasteiger partial charge in [-0.2, -0.15) is 0 Å². The van der Waals surface area contributed by atoms with Crippen molar-refractivity contribution >= 4 is 13.7 Å². The molecule has 3 atom stereocenters. The molecule has 0 bridgehead atoms. The van der Waals surface area contributed by atoms with Gasteiger partial charge in [0.2, 0.25) is 5.91 Å². The van der Waals surface area contributed by atoms with Crippen molar-refractivity contribution in [1.29, 1.82) is 0 Å². The normalized spacial score (nSPS) is 14.8. The maximum absolute atomic E-state index is 12.8. The molecule has 0 radical (unpaired) electrons. The molecule has 0 saturated heterocycles. The standard InChI is InChI=1S/C48H85N2O6P/c1-3-5-7-9-11-13-15-17-19-21-22-23-24-26-27-29-31-33-35-37-39-41-47(51)46(45-56-57(53,54)55-44-43-49)50-48(52)42-40-38-36-34-32-30-28-25-20-18-16-14-12-10-8-6-4-2/h6,8,12,14,18,20,24,26,28,30-31,33,39,41,46-47,51H,3-5,7,9-11,13,15-17,19,21-23,25,27,29,32,34-38,40,42-45,49H2,1-2H3,(H,50,52)(H,53,54)/b8-6-,14-12-,20-18-,26-24+,30-28-,33-31+,41-39+. The van der Waals surface area contributed by atoms with Gasteiger partial charge >= 0.3 is 7.82 Å². The smallest absolute Gasteiger partial charge is 0.387 e.